The van der Waals surface area contributed by atoms with Crippen LogP contribution in [0.25, 0.3) is 58.4 Å². The van der Waals surface area contributed by atoms with Crippen molar-refractivity contribution in [1.29, 1.82) is 0 Å². The number of hydrogen-bond acceptors (Lipinski definition) is 4. The number of ether oxygens (including phenoxy) is 1. The summed E-state index contributed by atoms with van der Waals surface area (Å²) in [5.74, 6) is 2.18. The predicted molar refractivity (Wildman–Crippen MR) is 296 cm³/mol. The Labute approximate surface area is 440 Å². The summed E-state index contributed by atoms with van der Waals surface area (Å²) in [4.78, 5) is 9.60. The molecule has 1 aliphatic rings. The van der Waals surface area contributed by atoms with Crippen LogP contribution >= 0.6 is 0 Å². The molecule has 11 rings (SSSR count). The normalized spacial score (nSPS) is 13.4. The van der Waals surface area contributed by atoms with E-state index in [-0.39, 0.29) is 57.2 Å². The van der Waals surface area contributed by atoms with Crippen molar-refractivity contribution in [1.82, 2.24) is 9.55 Å². The van der Waals surface area contributed by atoms with E-state index >= 15 is 0 Å². The summed E-state index contributed by atoms with van der Waals surface area (Å²) in [6.07, 6.45) is 1.93. The summed E-state index contributed by atoms with van der Waals surface area (Å²) < 4.78 is 11.8. The van der Waals surface area contributed by atoms with Crippen LogP contribution in [0.15, 0.2) is 146 Å². The summed E-state index contributed by atoms with van der Waals surface area (Å²) in [6, 6.07) is 58.6. The smallest absolute Gasteiger partial charge is 0 e. The van der Waals surface area contributed by atoms with Gasteiger partial charge in [-0.15, -0.1) is 0 Å². The molecule has 10 aromatic rings. The van der Waals surface area contributed by atoms with Gasteiger partial charge in [0.2, 0.25) is 0 Å². The molecule has 0 atom stereocenters. The molecule has 0 bridgehead atoms. The van der Waals surface area contributed by atoms with Gasteiger partial charge in [-0.05, 0) is 56.2 Å². The van der Waals surface area contributed by atoms with Crippen molar-refractivity contribution in [2.24, 2.45) is 0 Å². The zero-order valence-electron chi connectivity index (χ0n) is 42.9. The van der Waals surface area contributed by atoms with Gasteiger partial charge in [0.15, 0.2) is 0 Å². The van der Waals surface area contributed by atoms with Gasteiger partial charge in [-0.2, -0.15) is 0 Å². The third-order valence-electron chi connectivity index (χ3n) is 13.9. The number of para-hydroxylation sites is 2. The number of nitrogens with zero attached hydrogens (tertiary/aromatic N) is 4. The molecule has 0 fully saturated rings. The molecule has 1 aliphatic heterocycles. The quantitative estimate of drug-likeness (QED) is 0.118. The van der Waals surface area contributed by atoms with Gasteiger partial charge in [0, 0.05) is 21.1 Å². The van der Waals surface area contributed by atoms with Crippen LogP contribution in [0.3, 0.4) is 0 Å². The third-order valence-corrected chi connectivity index (χ3v) is 16.2. The molecule has 362 valence electrons. The zero-order chi connectivity index (χ0) is 49.1. The maximum atomic E-state index is 6.87. The summed E-state index contributed by atoms with van der Waals surface area (Å²) in [6.45, 7) is 29.9. The van der Waals surface area contributed by atoms with Crippen molar-refractivity contribution in [2.45, 2.75) is 105 Å². The molecule has 0 saturated carbocycles. The standard InChI is InChI=1S/C64H61N4OSe.Pt/c1-61(2,3)42-28-29-65-57(35-42)68-53-26-19-27-55-58(53)59-54(68)37-48(38-56(59)70-55)69-47-23-18-22-46(36-47)66-39-67(52-25-17-16-24-51(52)66)60-49(40-20-14-13-15-21-40)33-45(64(10,11)12)34-50(60)41-30-43(62(4,5)6)32-44(31-41)63(7,8)9;/h13-35,38-39H,1-12H3;/q-3;. The van der Waals surface area contributed by atoms with Crippen LogP contribution in [0.5, 0.6) is 11.5 Å². The van der Waals surface area contributed by atoms with Gasteiger partial charge in [0.1, 0.15) is 0 Å². The van der Waals surface area contributed by atoms with Gasteiger partial charge in [-0.25, -0.2) is 0 Å². The number of fused-ring (bicyclic) bond motifs is 1. The van der Waals surface area contributed by atoms with Gasteiger partial charge in [-0.3, -0.25) is 0 Å². The van der Waals surface area contributed by atoms with Crippen LogP contribution in [0.4, 0.5) is 22.7 Å². The minimum Gasteiger partial charge on any atom is -0.0561 e. The van der Waals surface area contributed by atoms with Crippen molar-refractivity contribution >= 4 is 67.6 Å². The van der Waals surface area contributed by atoms with Crippen molar-refractivity contribution in [3.8, 4) is 39.6 Å². The molecule has 0 saturated heterocycles. The first-order valence-corrected chi connectivity index (χ1v) is 26.2. The molecule has 7 heteroatoms. The van der Waals surface area contributed by atoms with Crippen LogP contribution in [0, 0.1) is 18.8 Å². The first kappa shape index (κ1) is 48.7. The fourth-order valence-electron chi connectivity index (χ4n) is 9.86. The molecule has 5 nitrogen and oxygen atoms in total. The molecule has 0 spiro atoms. The molecule has 7 aromatic carbocycles. The van der Waals surface area contributed by atoms with Gasteiger partial charge in [-0.1, -0.05) is 111 Å². The summed E-state index contributed by atoms with van der Waals surface area (Å²) in [7, 11) is 0. The minimum absolute atomic E-state index is 0. The average molecular weight is 1180 g/mol. The van der Waals surface area contributed by atoms with Crippen LogP contribution in [0.1, 0.15) is 105 Å². The van der Waals surface area contributed by atoms with E-state index in [1.54, 1.807) is 0 Å². The number of benzene rings is 7. The van der Waals surface area contributed by atoms with Crippen LogP contribution in [-0.2, 0) is 42.7 Å². The molecule has 4 heterocycles. The Hall–Kier alpha value is -5.90. The van der Waals surface area contributed by atoms with E-state index < -0.39 is 0 Å². The molecule has 0 unspecified atom stereocenters. The zero-order valence-corrected chi connectivity index (χ0v) is 46.8. The Morgan fingerprint density at radius 2 is 1.11 bits per heavy atom. The Kier molecular flexibility index (Phi) is 12.1. The number of rotatable bonds is 7. The number of anilines is 4. The van der Waals surface area contributed by atoms with E-state index in [1.807, 2.05) is 12.3 Å². The first-order valence-electron chi connectivity index (χ1n) is 24.5. The summed E-state index contributed by atoms with van der Waals surface area (Å²) in [5.41, 5.74) is 16.0. The topological polar surface area (TPSA) is 33.5 Å². The largest absolute Gasteiger partial charge is 0.0561 e. The predicted octanol–water partition coefficient (Wildman–Crippen LogP) is 17.1. The molecule has 0 N–H and O–H groups in total. The fourth-order valence-corrected chi connectivity index (χ4v) is 12.3. The maximum Gasteiger partial charge on any atom is 0 e. The third kappa shape index (κ3) is 8.85. The van der Waals surface area contributed by atoms with Crippen molar-refractivity contribution in [3.63, 3.8) is 0 Å². The van der Waals surface area contributed by atoms with E-state index in [0.717, 1.165) is 39.6 Å². The van der Waals surface area contributed by atoms with Gasteiger partial charge in [0.25, 0.3) is 0 Å². The Bertz CT molecular complexity index is 3580. The summed E-state index contributed by atoms with van der Waals surface area (Å²) >= 11 is 0.142. The molecule has 0 radical (unpaired) electrons. The molecule has 0 aliphatic carbocycles. The molecular formula is C64H61N4OPtSe-3. The minimum atomic E-state index is -0.103. The van der Waals surface area contributed by atoms with E-state index in [2.05, 4.69) is 250 Å². The Morgan fingerprint density at radius 1 is 0.507 bits per heavy atom. The summed E-state index contributed by atoms with van der Waals surface area (Å²) in [5, 5.41) is 2.56. The fraction of sp³-hybridized carbons (Fsp3) is 0.250. The van der Waals surface area contributed by atoms with E-state index in [9.17, 15) is 0 Å². The maximum absolute atomic E-state index is 6.87. The van der Waals surface area contributed by atoms with Gasteiger partial charge >= 0.3 is 256 Å². The van der Waals surface area contributed by atoms with Crippen LogP contribution in [0.2, 0.25) is 0 Å². The second-order valence-corrected chi connectivity index (χ2v) is 25.4. The average Bonchev–Trinajstić information content (AvgIpc) is 4.01. The Balaban J connectivity index is 0.00000582. The van der Waals surface area contributed by atoms with Gasteiger partial charge in [0.05, 0.1) is 0 Å². The number of hydrogen-bond donors (Lipinski definition) is 0. The molecule has 71 heavy (non-hydrogen) atoms. The van der Waals surface area contributed by atoms with Crippen molar-refractivity contribution in [2.75, 3.05) is 9.80 Å². The van der Waals surface area contributed by atoms with E-state index in [0.29, 0.717) is 11.5 Å². The van der Waals surface area contributed by atoms with Crippen LogP contribution in [-0.4, -0.2) is 24.1 Å². The SMILES string of the molecule is CC(C)(C)c1cc(-c2cc(C(C)(C)C)cc(-c3ccccc3)c2N2[CH-]N(c3[c-]c(Oc4[c-]c5c6c(c4)[se]c4cccc(c46)n5-c4cc(C(C)(C)C)ccn4)ccc3)c3ccccc32)cc(C(C)(C)C)c1.[Pt]. The Morgan fingerprint density at radius 3 is 1.77 bits per heavy atom. The second-order valence-electron chi connectivity index (χ2n) is 23.1. The van der Waals surface area contributed by atoms with E-state index in [4.69, 9.17) is 9.72 Å². The number of pyridine rings is 1. The molecular weight excluding hydrogens is 1110 g/mol. The van der Waals surface area contributed by atoms with Crippen LogP contribution < -0.4 is 14.5 Å². The molecule has 3 aromatic heterocycles. The molecule has 0 amide bonds. The van der Waals surface area contributed by atoms with Crippen molar-refractivity contribution in [3.05, 3.63) is 187 Å². The first-order chi connectivity index (χ1) is 33.2. The monoisotopic (exact) mass is 1180 g/mol. The number of aromatic nitrogens is 2. The van der Waals surface area contributed by atoms with E-state index in [1.165, 1.54) is 63.8 Å². The van der Waals surface area contributed by atoms with Crippen molar-refractivity contribution < 1.29 is 25.8 Å². The van der Waals surface area contributed by atoms with Gasteiger partial charge < -0.3 is 0 Å². The second kappa shape index (κ2) is 17.7.